The van der Waals surface area contributed by atoms with Crippen molar-refractivity contribution in [1.29, 1.82) is 0 Å². The van der Waals surface area contributed by atoms with Crippen LogP contribution < -0.4 is 5.32 Å². The third-order valence-corrected chi connectivity index (χ3v) is 3.61. The Hall–Kier alpha value is -2.40. The molecule has 1 heterocycles. The highest BCUT2D eigenvalue weighted by atomic mass is 19.1. The first-order valence-electron chi connectivity index (χ1n) is 7.89. The van der Waals surface area contributed by atoms with Crippen LogP contribution in [0, 0.1) is 12.7 Å². The molecular weight excluding hydrogens is 307 g/mol. The maximum Gasteiger partial charge on any atom is 0.244 e. The lowest BCUT2D eigenvalue weighted by Crippen LogP contribution is -2.29. The molecule has 0 aliphatic carbocycles. The van der Waals surface area contributed by atoms with Crippen molar-refractivity contribution < 1.29 is 13.6 Å². The van der Waals surface area contributed by atoms with Gasteiger partial charge in [0.15, 0.2) is 0 Å². The topological polar surface area (TPSA) is 45.5 Å². The number of carbonyl (C=O) groups is 1. The highest BCUT2D eigenvalue weighted by Crippen LogP contribution is 2.18. The molecule has 0 aliphatic heterocycles. The number of hydrogen-bond acceptors (Lipinski definition) is 3. The van der Waals surface area contributed by atoms with Crippen molar-refractivity contribution in [3.63, 3.8) is 0 Å². The van der Waals surface area contributed by atoms with Gasteiger partial charge in [-0.3, -0.25) is 4.79 Å². The molecule has 1 aromatic heterocycles. The van der Waals surface area contributed by atoms with Crippen LogP contribution in [0.15, 0.2) is 46.9 Å². The van der Waals surface area contributed by atoms with E-state index in [0.29, 0.717) is 5.76 Å². The van der Waals surface area contributed by atoms with Gasteiger partial charge in [-0.2, -0.15) is 0 Å². The van der Waals surface area contributed by atoms with Crippen LogP contribution in [-0.2, 0) is 4.79 Å². The SMILES string of the molecule is Cc1ccc(/C=C/C(=O)NC(CCN(C)C)c2ccc(F)cc2)o1. The van der Waals surface area contributed by atoms with Gasteiger partial charge in [-0.25, -0.2) is 4.39 Å². The molecular formula is C19H23FN2O2. The van der Waals surface area contributed by atoms with Crippen molar-refractivity contribution in [2.24, 2.45) is 0 Å². The molecule has 0 bridgehead atoms. The minimum absolute atomic E-state index is 0.177. The molecule has 0 radical (unpaired) electrons. The number of benzene rings is 1. The quantitative estimate of drug-likeness (QED) is 0.790. The predicted octanol–water partition coefficient (Wildman–Crippen LogP) is 3.55. The summed E-state index contributed by atoms with van der Waals surface area (Å²) >= 11 is 0. The normalized spacial score (nSPS) is 12.7. The molecule has 0 fully saturated rings. The van der Waals surface area contributed by atoms with Crippen LogP contribution in [0.2, 0.25) is 0 Å². The number of halogens is 1. The zero-order valence-corrected chi connectivity index (χ0v) is 14.3. The third-order valence-electron chi connectivity index (χ3n) is 3.61. The van der Waals surface area contributed by atoms with E-state index < -0.39 is 0 Å². The van der Waals surface area contributed by atoms with E-state index in [-0.39, 0.29) is 17.8 Å². The fraction of sp³-hybridized carbons (Fsp3) is 0.316. The minimum atomic E-state index is -0.287. The Kier molecular flexibility index (Phi) is 6.32. The van der Waals surface area contributed by atoms with Crippen molar-refractivity contribution in [3.05, 3.63) is 65.4 Å². The zero-order chi connectivity index (χ0) is 17.5. The Labute approximate surface area is 142 Å². The number of nitrogens with one attached hydrogen (secondary N) is 1. The van der Waals surface area contributed by atoms with Gasteiger partial charge in [0.05, 0.1) is 6.04 Å². The monoisotopic (exact) mass is 330 g/mol. The van der Waals surface area contributed by atoms with Gasteiger partial charge < -0.3 is 14.6 Å². The molecule has 0 saturated carbocycles. The second kappa shape index (κ2) is 8.45. The Morgan fingerprint density at radius 1 is 1.25 bits per heavy atom. The highest BCUT2D eigenvalue weighted by Gasteiger charge is 2.14. The average molecular weight is 330 g/mol. The summed E-state index contributed by atoms with van der Waals surface area (Å²) in [4.78, 5) is 14.2. The number of carbonyl (C=O) groups excluding carboxylic acids is 1. The van der Waals surface area contributed by atoms with Crippen molar-refractivity contribution in [3.8, 4) is 0 Å². The van der Waals surface area contributed by atoms with Gasteiger partial charge in [0.1, 0.15) is 17.3 Å². The van der Waals surface area contributed by atoms with Crippen LogP contribution in [0.25, 0.3) is 6.08 Å². The largest absolute Gasteiger partial charge is 0.462 e. The number of hydrogen-bond donors (Lipinski definition) is 1. The molecule has 1 unspecified atom stereocenters. The minimum Gasteiger partial charge on any atom is -0.462 e. The maximum absolute atomic E-state index is 13.1. The third kappa shape index (κ3) is 5.66. The summed E-state index contributed by atoms with van der Waals surface area (Å²) in [6, 6.07) is 9.70. The van der Waals surface area contributed by atoms with Gasteiger partial charge >= 0.3 is 0 Å². The first kappa shape index (κ1) is 17.9. The van der Waals surface area contributed by atoms with E-state index >= 15 is 0 Å². The van der Waals surface area contributed by atoms with E-state index in [9.17, 15) is 9.18 Å². The van der Waals surface area contributed by atoms with E-state index in [1.807, 2.05) is 38.1 Å². The molecule has 1 aromatic carbocycles. The second-order valence-corrected chi connectivity index (χ2v) is 5.99. The number of rotatable bonds is 7. The van der Waals surface area contributed by atoms with Crippen molar-refractivity contribution >= 4 is 12.0 Å². The molecule has 0 aliphatic rings. The van der Waals surface area contributed by atoms with Gasteiger partial charge in [0.25, 0.3) is 0 Å². The fourth-order valence-electron chi connectivity index (χ4n) is 2.33. The van der Waals surface area contributed by atoms with Gasteiger partial charge in [0, 0.05) is 6.08 Å². The molecule has 0 spiro atoms. The lowest BCUT2D eigenvalue weighted by molar-refractivity contribution is -0.117. The number of amides is 1. The first-order chi connectivity index (χ1) is 11.4. The number of aryl methyl sites for hydroxylation is 1. The molecule has 0 saturated heterocycles. The first-order valence-corrected chi connectivity index (χ1v) is 7.89. The Balaban J connectivity index is 2.04. The molecule has 1 N–H and O–H groups in total. The number of furan rings is 1. The van der Waals surface area contributed by atoms with Crippen LogP contribution >= 0.6 is 0 Å². The molecule has 2 aromatic rings. The van der Waals surface area contributed by atoms with Crippen molar-refractivity contribution in [1.82, 2.24) is 10.2 Å². The summed E-state index contributed by atoms with van der Waals surface area (Å²) in [7, 11) is 3.95. The molecule has 2 rings (SSSR count). The maximum atomic E-state index is 13.1. The van der Waals surface area contributed by atoms with Crippen LogP contribution in [-0.4, -0.2) is 31.4 Å². The second-order valence-electron chi connectivity index (χ2n) is 5.99. The standard InChI is InChI=1S/C19H23FN2O2/c1-14-4-9-17(24-14)10-11-19(23)21-18(12-13-22(2)3)15-5-7-16(20)8-6-15/h4-11,18H,12-13H2,1-3H3,(H,21,23)/b11-10+. The summed E-state index contributed by atoms with van der Waals surface area (Å²) < 4.78 is 18.5. The molecule has 1 amide bonds. The van der Waals surface area contributed by atoms with Gasteiger partial charge in [-0.15, -0.1) is 0 Å². The summed E-state index contributed by atoms with van der Waals surface area (Å²) in [6.07, 6.45) is 3.82. The van der Waals surface area contributed by atoms with Crippen molar-refractivity contribution in [2.75, 3.05) is 20.6 Å². The lowest BCUT2D eigenvalue weighted by atomic mass is 10.0. The summed E-state index contributed by atoms with van der Waals surface area (Å²) in [5.41, 5.74) is 0.883. The van der Waals surface area contributed by atoms with E-state index in [2.05, 4.69) is 5.32 Å². The molecule has 4 nitrogen and oxygen atoms in total. The number of nitrogens with zero attached hydrogens (tertiary/aromatic N) is 1. The van der Waals surface area contributed by atoms with E-state index in [1.54, 1.807) is 18.2 Å². The Morgan fingerprint density at radius 2 is 1.96 bits per heavy atom. The summed E-state index contributed by atoms with van der Waals surface area (Å²) in [5.74, 6) is 0.932. The van der Waals surface area contributed by atoms with Gasteiger partial charge in [0.2, 0.25) is 5.91 Å². The highest BCUT2D eigenvalue weighted by molar-refractivity contribution is 5.91. The van der Waals surface area contributed by atoms with Crippen LogP contribution in [0.1, 0.15) is 29.5 Å². The Bertz CT molecular complexity index is 690. The van der Waals surface area contributed by atoms with E-state index in [0.717, 1.165) is 24.3 Å². The smallest absolute Gasteiger partial charge is 0.244 e. The molecule has 5 heteroatoms. The lowest BCUT2D eigenvalue weighted by Gasteiger charge is -2.20. The van der Waals surface area contributed by atoms with Gasteiger partial charge in [-0.05, 0) is 69.9 Å². The van der Waals surface area contributed by atoms with Crippen LogP contribution in [0.5, 0.6) is 0 Å². The average Bonchev–Trinajstić information content (AvgIpc) is 2.96. The van der Waals surface area contributed by atoms with E-state index in [1.165, 1.54) is 18.2 Å². The molecule has 1 atom stereocenters. The van der Waals surface area contributed by atoms with Crippen LogP contribution in [0.3, 0.4) is 0 Å². The molecule has 128 valence electrons. The van der Waals surface area contributed by atoms with Crippen molar-refractivity contribution in [2.45, 2.75) is 19.4 Å². The Morgan fingerprint density at radius 3 is 2.54 bits per heavy atom. The summed E-state index contributed by atoms with van der Waals surface area (Å²) in [5, 5.41) is 2.97. The van der Waals surface area contributed by atoms with Gasteiger partial charge in [-0.1, -0.05) is 12.1 Å². The van der Waals surface area contributed by atoms with E-state index in [4.69, 9.17) is 4.42 Å². The summed E-state index contributed by atoms with van der Waals surface area (Å²) in [6.45, 7) is 2.66. The predicted molar refractivity (Wildman–Crippen MR) is 92.9 cm³/mol. The zero-order valence-electron chi connectivity index (χ0n) is 14.3. The van der Waals surface area contributed by atoms with Crippen LogP contribution in [0.4, 0.5) is 4.39 Å². The molecule has 24 heavy (non-hydrogen) atoms. The fourth-order valence-corrected chi connectivity index (χ4v) is 2.33.